The Kier molecular flexibility index (Phi) is 7.19. The minimum atomic E-state index is 0.256. The Morgan fingerprint density at radius 3 is 2.59 bits per heavy atom. The van der Waals surface area contributed by atoms with Crippen LogP contribution in [0.5, 0.6) is 0 Å². The van der Waals surface area contributed by atoms with Gasteiger partial charge in [0, 0.05) is 38.8 Å². The van der Waals surface area contributed by atoms with Crippen molar-refractivity contribution in [2.45, 2.75) is 58.2 Å². The number of rotatable bonds is 6. The van der Waals surface area contributed by atoms with Gasteiger partial charge in [0.1, 0.15) is 5.76 Å². The molecule has 0 radical (unpaired) electrons. The predicted molar refractivity (Wildman–Crippen MR) is 111 cm³/mol. The van der Waals surface area contributed by atoms with Crippen molar-refractivity contribution in [3.05, 3.63) is 24.2 Å². The van der Waals surface area contributed by atoms with Crippen LogP contribution in [-0.4, -0.2) is 67.6 Å². The maximum absolute atomic E-state index is 5.76. The Balaban J connectivity index is 1.58. The van der Waals surface area contributed by atoms with Crippen LogP contribution in [0.15, 0.2) is 27.8 Å². The monoisotopic (exact) mass is 375 g/mol. The molecule has 3 atom stereocenters. The third-order valence-electron chi connectivity index (χ3n) is 6.08. The van der Waals surface area contributed by atoms with Crippen molar-refractivity contribution in [2.24, 2.45) is 10.9 Å². The lowest BCUT2D eigenvalue weighted by atomic mass is 10.1. The molecule has 0 aliphatic carbocycles. The molecule has 0 aromatic carbocycles. The van der Waals surface area contributed by atoms with Crippen LogP contribution in [0.1, 0.15) is 51.8 Å². The van der Waals surface area contributed by atoms with Gasteiger partial charge in [-0.25, -0.2) is 0 Å². The summed E-state index contributed by atoms with van der Waals surface area (Å²) >= 11 is 0. The topological polar surface area (TPSA) is 56.0 Å². The van der Waals surface area contributed by atoms with Crippen LogP contribution < -0.4 is 10.6 Å². The van der Waals surface area contributed by atoms with Gasteiger partial charge in [0.05, 0.1) is 12.3 Å². The smallest absolute Gasteiger partial charge is 0.191 e. The molecule has 27 heavy (non-hydrogen) atoms. The first-order chi connectivity index (χ1) is 13.1. The molecule has 6 nitrogen and oxygen atoms in total. The number of aliphatic imine (C=N–C) groups is 1. The fourth-order valence-electron chi connectivity index (χ4n) is 4.30. The first-order valence-electron chi connectivity index (χ1n) is 10.6. The van der Waals surface area contributed by atoms with Gasteiger partial charge in [-0.1, -0.05) is 13.3 Å². The van der Waals surface area contributed by atoms with Crippen LogP contribution >= 0.6 is 0 Å². The Hall–Kier alpha value is -1.53. The van der Waals surface area contributed by atoms with Gasteiger partial charge >= 0.3 is 0 Å². The van der Waals surface area contributed by atoms with E-state index in [1.807, 2.05) is 13.1 Å². The van der Waals surface area contributed by atoms with Crippen LogP contribution in [0.4, 0.5) is 0 Å². The highest BCUT2D eigenvalue weighted by molar-refractivity contribution is 5.80. The molecule has 6 heteroatoms. The number of furan rings is 1. The lowest BCUT2D eigenvalue weighted by molar-refractivity contribution is 0.146. The third kappa shape index (κ3) is 5.26. The lowest BCUT2D eigenvalue weighted by Gasteiger charge is -2.34. The number of guanidine groups is 1. The van der Waals surface area contributed by atoms with Gasteiger partial charge in [-0.3, -0.25) is 14.8 Å². The molecule has 2 aliphatic heterocycles. The molecule has 152 valence electrons. The van der Waals surface area contributed by atoms with Gasteiger partial charge in [-0.15, -0.1) is 0 Å². The SMILES string of the molecule is CN=C(NCC(c1ccco1)N1CCCCC1)NC1CN(C(C)C)CC1C. The quantitative estimate of drug-likeness (QED) is 0.591. The van der Waals surface area contributed by atoms with Crippen LogP contribution in [0.2, 0.25) is 0 Å². The molecule has 3 rings (SSSR count). The van der Waals surface area contributed by atoms with Gasteiger partial charge in [0.15, 0.2) is 5.96 Å². The second-order valence-corrected chi connectivity index (χ2v) is 8.36. The second kappa shape index (κ2) is 9.60. The first kappa shape index (κ1) is 20.2. The van der Waals surface area contributed by atoms with Crippen molar-refractivity contribution in [1.82, 2.24) is 20.4 Å². The van der Waals surface area contributed by atoms with E-state index in [1.165, 1.54) is 19.3 Å². The van der Waals surface area contributed by atoms with Crippen LogP contribution in [-0.2, 0) is 0 Å². The highest BCUT2D eigenvalue weighted by Gasteiger charge is 2.31. The summed E-state index contributed by atoms with van der Waals surface area (Å²) < 4.78 is 5.76. The molecule has 1 aromatic rings. The van der Waals surface area contributed by atoms with Crippen LogP contribution in [0.25, 0.3) is 0 Å². The number of hydrogen-bond donors (Lipinski definition) is 2. The minimum Gasteiger partial charge on any atom is -0.468 e. The molecule has 1 aromatic heterocycles. The number of piperidine rings is 1. The molecule has 0 spiro atoms. The summed E-state index contributed by atoms with van der Waals surface area (Å²) in [4.78, 5) is 9.56. The predicted octanol–water partition coefficient (Wildman–Crippen LogP) is 2.70. The van der Waals surface area contributed by atoms with Gasteiger partial charge in [-0.05, 0) is 57.8 Å². The van der Waals surface area contributed by atoms with Crippen LogP contribution in [0, 0.1) is 5.92 Å². The molecule has 2 saturated heterocycles. The summed E-state index contributed by atoms with van der Waals surface area (Å²) in [6.45, 7) is 12.2. The number of likely N-dealkylation sites (tertiary alicyclic amines) is 2. The largest absolute Gasteiger partial charge is 0.468 e. The summed E-state index contributed by atoms with van der Waals surface area (Å²) in [5.74, 6) is 2.56. The molecule has 0 saturated carbocycles. The highest BCUT2D eigenvalue weighted by Crippen LogP contribution is 2.24. The second-order valence-electron chi connectivity index (χ2n) is 8.36. The normalized spacial score (nSPS) is 26.5. The van der Waals surface area contributed by atoms with Gasteiger partial charge < -0.3 is 15.1 Å². The van der Waals surface area contributed by atoms with E-state index >= 15 is 0 Å². The zero-order valence-corrected chi connectivity index (χ0v) is 17.4. The maximum Gasteiger partial charge on any atom is 0.191 e. The summed E-state index contributed by atoms with van der Waals surface area (Å²) in [7, 11) is 1.86. The number of hydrogen-bond acceptors (Lipinski definition) is 4. The van der Waals surface area contributed by atoms with E-state index in [9.17, 15) is 0 Å². The van der Waals surface area contributed by atoms with Crippen LogP contribution in [0.3, 0.4) is 0 Å². The van der Waals surface area contributed by atoms with E-state index in [4.69, 9.17) is 4.42 Å². The summed E-state index contributed by atoms with van der Waals surface area (Å²) in [6, 6.07) is 5.37. The van der Waals surface area contributed by atoms with Crippen molar-refractivity contribution in [1.29, 1.82) is 0 Å². The molecular weight excluding hydrogens is 338 g/mol. The zero-order valence-electron chi connectivity index (χ0n) is 17.4. The van der Waals surface area contributed by atoms with E-state index in [1.54, 1.807) is 6.26 Å². The lowest BCUT2D eigenvalue weighted by Crippen LogP contribution is -2.49. The highest BCUT2D eigenvalue weighted by atomic mass is 16.3. The molecule has 2 fully saturated rings. The Bertz CT molecular complexity index is 579. The van der Waals surface area contributed by atoms with Crippen molar-refractivity contribution in [3.8, 4) is 0 Å². The van der Waals surface area contributed by atoms with E-state index in [2.05, 4.69) is 52.3 Å². The summed E-state index contributed by atoms with van der Waals surface area (Å²) in [5.41, 5.74) is 0. The fourth-order valence-corrected chi connectivity index (χ4v) is 4.30. The number of nitrogens with one attached hydrogen (secondary N) is 2. The maximum atomic E-state index is 5.76. The zero-order chi connectivity index (χ0) is 19.2. The van der Waals surface area contributed by atoms with Crippen molar-refractivity contribution >= 4 is 5.96 Å². The molecule has 3 heterocycles. The summed E-state index contributed by atoms with van der Waals surface area (Å²) in [5, 5.41) is 7.22. The van der Waals surface area contributed by atoms with Crippen molar-refractivity contribution < 1.29 is 4.42 Å². The molecule has 3 unspecified atom stereocenters. The minimum absolute atomic E-state index is 0.256. The van der Waals surface area contributed by atoms with E-state index in [-0.39, 0.29) is 6.04 Å². The standard InChI is InChI=1S/C21H37N5O/c1-16(2)26-14-17(3)18(15-26)24-21(22-4)23-13-19(20-9-8-12-27-20)25-10-6-5-7-11-25/h8-9,12,16-19H,5-7,10-11,13-15H2,1-4H3,(H2,22,23,24). The average Bonchev–Trinajstić information content (AvgIpc) is 3.32. The van der Waals surface area contributed by atoms with Gasteiger partial charge in [-0.2, -0.15) is 0 Å². The molecule has 2 aliphatic rings. The van der Waals surface area contributed by atoms with Crippen molar-refractivity contribution in [3.63, 3.8) is 0 Å². The van der Waals surface area contributed by atoms with Crippen molar-refractivity contribution in [2.75, 3.05) is 39.8 Å². The molecule has 2 N–H and O–H groups in total. The third-order valence-corrected chi connectivity index (χ3v) is 6.08. The fraction of sp³-hybridized carbons (Fsp3) is 0.762. The Labute approximate surface area is 164 Å². The molecular formula is C21H37N5O. The molecule has 0 amide bonds. The van der Waals surface area contributed by atoms with E-state index in [0.717, 1.165) is 44.4 Å². The summed E-state index contributed by atoms with van der Waals surface area (Å²) in [6.07, 6.45) is 5.66. The van der Waals surface area contributed by atoms with Gasteiger partial charge in [0.25, 0.3) is 0 Å². The average molecular weight is 376 g/mol. The van der Waals surface area contributed by atoms with Gasteiger partial charge in [0.2, 0.25) is 0 Å². The Morgan fingerprint density at radius 2 is 2.00 bits per heavy atom. The first-order valence-corrected chi connectivity index (χ1v) is 10.6. The molecule has 0 bridgehead atoms. The van der Waals surface area contributed by atoms with E-state index < -0.39 is 0 Å². The number of nitrogens with zero attached hydrogens (tertiary/aromatic N) is 3. The Morgan fingerprint density at radius 1 is 1.22 bits per heavy atom. The van der Waals surface area contributed by atoms with E-state index in [0.29, 0.717) is 18.0 Å².